The van der Waals surface area contributed by atoms with E-state index in [2.05, 4.69) is 42.0 Å². The summed E-state index contributed by atoms with van der Waals surface area (Å²) in [5.41, 5.74) is 1.32. The number of pyridine rings is 1. The third kappa shape index (κ3) is 5.60. The van der Waals surface area contributed by atoms with Gasteiger partial charge in [0.15, 0.2) is 0 Å². The van der Waals surface area contributed by atoms with Crippen molar-refractivity contribution in [1.29, 1.82) is 0 Å². The fraction of sp³-hybridized carbons (Fsp3) is 0.688. The molecule has 0 aliphatic heterocycles. The molecule has 0 radical (unpaired) electrons. The van der Waals surface area contributed by atoms with E-state index in [4.69, 9.17) is 0 Å². The lowest BCUT2D eigenvalue weighted by Crippen LogP contribution is -2.28. The molecule has 19 heavy (non-hydrogen) atoms. The second kappa shape index (κ2) is 9.79. The van der Waals surface area contributed by atoms with Gasteiger partial charge in [0.25, 0.3) is 0 Å². The fourth-order valence-corrected chi connectivity index (χ4v) is 2.13. The minimum atomic E-state index is 0.911. The minimum absolute atomic E-state index is 0.911. The monoisotopic (exact) mass is 263 g/mol. The highest BCUT2D eigenvalue weighted by Crippen LogP contribution is 2.18. The Morgan fingerprint density at radius 3 is 2.37 bits per heavy atom. The van der Waals surface area contributed by atoms with Crippen molar-refractivity contribution in [3.63, 3.8) is 0 Å². The second-order valence-corrected chi connectivity index (χ2v) is 4.96. The molecule has 0 saturated carbocycles. The molecule has 3 heteroatoms. The van der Waals surface area contributed by atoms with Crippen LogP contribution >= 0.6 is 0 Å². The zero-order valence-electron chi connectivity index (χ0n) is 12.8. The van der Waals surface area contributed by atoms with E-state index in [1.54, 1.807) is 0 Å². The molecule has 0 amide bonds. The van der Waals surface area contributed by atoms with Crippen LogP contribution < -0.4 is 10.2 Å². The number of unbranched alkanes of at least 4 members (excludes halogenated alkanes) is 2. The van der Waals surface area contributed by atoms with Gasteiger partial charge in [0.1, 0.15) is 5.82 Å². The predicted molar refractivity (Wildman–Crippen MR) is 83.6 cm³/mol. The van der Waals surface area contributed by atoms with Crippen molar-refractivity contribution >= 4 is 5.82 Å². The Hall–Kier alpha value is -1.09. The van der Waals surface area contributed by atoms with E-state index < -0.39 is 0 Å². The van der Waals surface area contributed by atoms with Crippen molar-refractivity contribution in [1.82, 2.24) is 10.3 Å². The SMILES string of the molecule is CCCCN(CCCC)c1ncccc1CNCC. The molecule has 0 aliphatic rings. The summed E-state index contributed by atoms with van der Waals surface area (Å²) in [6.45, 7) is 10.8. The maximum atomic E-state index is 4.62. The first kappa shape index (κ1) is 16.0. The molecule has 0 fully saturated rings. The standard InChI is InChI=1S/C16H29N3/c1-4-7-12-19(13-8-5-2)16-15(14-17-6-3)10-9-11-18-16/h9-11,17H,4-8,12-14H2,1-3H3. The lowest BCUT2D eigenvalue weighted by atomic mass is 10.2. The highest BCUT2D eigenvalue weighted by molar-refractivity contribution is 5.46. The summed E-state index contributed by atoms with van der Waals surface area (Å²) >= 11 is 0. The van der Waals surface area contributed by atoms with Crippen molar-refractivity contribution < 1.29 is 0 Å². The third-order valence-corrected chi connectivity index (χ3v) is 3.30. The first-order chi connectivity index (χ1) is 9.33. The molecule has 1 aromatic heterocycles. The molecule has 1 N–H and O–H groups in total. The van der Waals surface area contributed by atoms with Crippen LogP contribution in [0.5, 0.6) is 0 Å². The quantitative estimate of drug-likeness (QED) is 0.699. The minimum Gasteiger partial charge on any atom is -0.356 e. The summed E-state index contributed by atoms with van der Waals surface area (Å²) in [5, 5.41) is 3.41. The zero-order valence-corrected chi connectivity index (χ0v) is 12.8. The van der Waals surface area contributed by atoms with E-state index in [9.17, 15) is 0 Å². The Morgan fingerprint density at radius 1 is 1.11 bits per heavy atom. The van der Waals surface area contributed by atoms with E-state index in [1.165, 1.54) is 37.1 Å². The van der Waals surface area contributed by atoms with Gasteiger partial charge in [-0.3, -0.25) is 0 Å². The van der Waals surface area contributed by atoms with Gasteiger partial charge in [-0.15, -0.1) is 0 Å². The average molecular weight is 263 g/mol. The molecule has 1 heterocycles. The highest BCUT2D eigenvalue weighted by Gasteiger charge is 2.11. The largest absolute Gasteiger partial charge is 0.356 e. The van der Waals surface area contributed by atoms with E-state index in [0.717, 1.165) is 26.2 Å². The van der Waals surface area contributed by atoms with Gasteiger partial charge in [0.05, 0.1) is 0 Å². The molecule has 0 atom stereocenters. The van der Waals surface area contributed by atoms with E-state index in [0.29, 0.717) is 0 Å². The van der Waals surface area contributed by atoms with Crippen LogP contribution in [0.3, 0.4) is 0 Å². The average Bonchev–Trinajstić information content (AvgIpc) is 2.46. The number of aromatic nitrogens is 1. The van der Waals surface area contributed by atoms with Crippen LogP contribution in [0.1, 0.15) is 52.0 Å². The predicted octanol–water partition coefficient (Wildman–Crippen LogP) is 3.60. The third-order valence-electron chi connectivity index (χ3n) is 3.30. The lowest BCUT2D eigenvalue weighted by Gasteiger charge is -2.25. The first-order valence-electron chi connectivity index (χ1n) is 7.73. The van der Waals surface area contributed by atoms with Gasteiger partial charge in [-0.05, 0) is 25.5 Å². The molecule has 0 bridgehead atoms. The van der Waals surface area contributed by atoms with Crippen LogP contribution in [0, 0.1) is 0 Å². The number of rotatable bonds is 10. The van der Waals surface area contributed by atoms with Crippen LogP contribution in [0.2, 0.25) is 0 Å². The first-order valence-corrected chi connectivity index (χ1v) is 7.73. The van der Waals surface area contributed by atoms with E-state index >= 15 is 0 Å². The molecule has 0 saturated heterocycles. The lowest BCUT2D eigenvalue weighted by molar-refractivity contribution is 0.660. The van der Waals surface area contributed by atoms with Gasteiger partial charge in [-0.1, -0.05) is 39.7 Å². The fourth-order valence-electron chi connectivity index (χ4n) is 2.13. The summed E-state index contributed by atoms with van der Waals surface area (Å²) < 4.78 is 0. The highest BCUT2D eigenvalue weighted by atomic mass is 15.2. The van der Waals surface area contributed by atoms with Gasteiger partial charge in [-0.2, -0.15) is 0 Å². The van der Waals surface area contributed by atoms with Gasteiger partial charge < -0.3 is 10.2 Å². The van der Waals surface area contributed by atoms with E-state index in [1.807, 2.05) is 12.3 Å². The zero-order chi connectivity index (χ0) is 13.9. The smallest absolute Gasteiger partial charge is 0.133 e. The Bertz CT molecular complexity index is 331. The Labute approximate surface area is 118 Å². The summed E-state index contributed by atoms with van der Waals surface area (Å²) in [6, 6.07) is 4.23. The summed E-state index contributed by atoms with van der Waals surface area (Å²) in [5.74, 6) is 1.17. The van der Waals surface area contributed by atoms with Crippen LogP contribution in [-0.2, 0) is 6.54 Å². The van der Waals surface area contributed by atoms with Gasteiger partial charge in [0.2, 0.25) is 0 Å². The van der Waals surface area contributed by atoms with Gasteiger partial charge in [-0.25, -0.2) is 4.98 Å². The number of nitrogens with zero attached hydrogens (tertiary/aromatic N) is 2. The number of hydrogen-bond acceptors (Lipinski definition) is 3. The van der Waals surface area contributed by atoms with Crippen LogP contribution in [0.4, 0.5) is 5.82 Å². The summed E-state index contributed by atoms with van der Waals surface area (Å²) in [7, 11) is 0. The van der Waals surface area contributed by atoms with Crippen molar-refractivity contribution in [2.24, 2.45) is 0 Å². The normalized spacial score (nSPS) is 10.7. The van der Waals surface area contributed by atoms with Crippen LogP contribution in [0.25, 0.3) is 0 Å². The number of hydrogen-bond donors (Lipinski definition) is 1. The number of anilines is 1. The Balaban J connectivity index is 2.79. The molecule has 0 aliphatic carbocycles. The van der Waals surface area contributed by atoms with E-state index in [-0.39, 0.29) is 0 Å². The van der Waals surface area contributed by atoms with Crippen molar-refractivity contribution in [3.8, 4) is 0 Å². The second-order valence-electron chi connectivity index (χ2n) is 4.96. The molecule has 1 aromatic rings. The summed E-state index contributed by atoms with van der Waals surface area (Å²) in [6.07, 6.45) is 6.85. The van der Waals surface area contributed by atoms with Crippen molar-refractivity contribution in [2.45, 2.75) is 53.0 Å². The molecule has 0 aromatic carbocycles. The van der Waals surface area contributed by atoms with Crippen LogP contribution in [0.15, 0.2) is 18.3 Å². The molecule has 0 unspecified atom stereocenters. The topological polar surface area (TPSA) is 28.2 Å². The van der Waals surface area contributed by atoms with Crippen molar-refractivity contribution in [2.75, 3.05) is 24.5 Å². The molecule has 108 valence electrons. The summed E-state index contributed by atoms with van der Waals surface area (Å²) in [4.78, 5) is 7.08. The Kier molecular flexibility index (Phi) is 8.23. The number of nitrogens with one attached hydrogen (secondary N) is 1. The molecule has 0 spiro atoms. The molecule has 1 rings (SSSR count). The maximum absolute atomic E-state index is 4.62. The van der Waals surface area contributed by atoms with Gasteiger partial charge >= 0.3 is 0 Å². The van der Waals surface area contributed by atoms with Crippen molar-refractivity contribution in [3.05, 3.63) is 23.9 Å². The van der Waals surface area contributed by atoms with Crippen LogP contribution in [-0.4, -0.2) is 24.6 Å². The molecular weight excluding hydrogens is 234 g/mol. The molecule has 3 nitrogen and oxygen atoms in total. The maximum Gasteiger partial charge on any atom is 0.133 e. The Morgan fingerprint density at radius 2 is 1.79 bits per heavy atom. The van der Waals surface area contributed by atoms with Gasteiger partial charge in [0, 0.05) is 31.4 Å². The molecular formula is C16H29N3.